The number of para-hydroxylation sites is 3. The molecule has 0 unspecified atom stereocenters. The molecular formula is C28H44FN3. The molecule has 2 heterocycles. The number of nitrogens with zero attached hydrogens (tertiary/aromatic N) is 2. The predicted octanol–water partition coefficient (Wildman–Crippen LogP) is 7.32. The Bertz CT molecular complexity index is 708. The SMILES string of the molecule is CCCCCN1CCN(CCCCC)c2ccccc21.[2H]CF.c1ccc2c(c1)CCCN2. The van der Waals surface area contributed by atoms with E-state index in [0.717, 1.165) is 6.54 Å². The number of hydrogen-bond acceptors (Lipinski definition) is 3. The fourth-order valence-electron chi connectivity index (χ4n) is 4.46. The van der Waals surface area contributed by atoms with Crippen LogP contribution in [0, 0.1) is 0 Å². The first-order chi connectivity index (χ1) is 16.2. The lowest BCUT2D eigenvalue weighted by molar-refractivity contribution is 0.624. The van der Waals surface area contributed by atoms with Gasteiger partial charge in [0.05, 0.1) is 19.9 Å². The fourth-order valence-corrected chi connectivity index (χ4v) is 4.46. The maximum absolute atomic E-state index is 9.96. The molecule has 0 atom stereocenters. The molecular weight excluding hydrogens is 397 g/mol. The number of alkyl halides is 1. The van der Waals surface area contributed by atoms with Crippen LogP contribution in [-0.4, -0.2) is 39.9 Å². The maximum Gasteiger partial charge on any atom is 0.0785 e. The van der Waals surface area contributed by atoms with Gasteiger partial charge in [-0.2, -0.15) is 0 Å². The molecule has 3 nitrogen and oxygen atoms in total. The van der Waals surface area contributed by atoms with Crippen LogP contribution in [0.3, 0.4) is 0 Å². The highest BCUT2D eigenvalue weighted by Gasteiger charge is 2.21. The lowest BCUT2D eigenvalue weighted by Gasteiger charge is -2.39. The second-order valence-corrected chi connectivity index (χ2v) is 8.56. The molecule has 0 radical (unpaired) electrons. The molecule has 1 N–H and O–H groups in total. The molecule has 0 aliphatic carbocycles. The van der Waals surface area contributed by atoms with Gasteiger partial charge in [0.25, 0.3) is 0 Å². The van der Waals surface area contributed by atoms with Crippen molar-refractivity contribution in [1.82, 2.24) is 0 Å². The number of hydrogen-bond donors (Lipinski definition) is 1. The van der Waals surface area contributed by atoms with Gasteiger partial charge < -0.3 is 15.1 Å². The van der Waals surface area contributed by atoms with Crippen molar-refractivity contribution in [3.63, 3.8) is 0 Å². The zero-order valence-electron chi connectivity index (χ0n) is 21.3. The summed E-state index contributed by atoms with van der Waals surface area (Å²) in [6, 6.07) is 17.5. The number of anilines is 3. The number of nitrogens with one attached hydrogen (secondary N) is 1. The van der Waals surface area contributed by atoms with Crippen molar-refractivity contribution in [3.05, 3.63) is 54.1 Å². The third-order valence-electron chi connectivity index (χ3n) is 6.22. The highest BCUT2D eigenvalue weighted by Crippen LogP contribution is 2.33. The maximum atomic E-state index is 9.96. The summed E-state index contributed by atoms with van der Waals surface area (Å²) < 4.78 is 15.5. The number of rotatable bonds is 8. The minimum atomic E-state index is -1.00. The average molecular weight is 443 g/mol. The Morgan fingerprint density at radius 2 is 1.38 bits per heavy atom. The van der Waals surface area contributed by atoms with Gasteiger partial charge in [-0.25, -0.2) is 0 Å². The van der Waals surface area contributed by atoms with Gasteiger partial charge in [0.15, 0.2) is 0 Å². The van der Waals surface area contributed by atoms with Crippen LogP contribution < -0.4 is 15.1 Å². The van der Waals surface area contributed by atoms with E-state index in [-0.39, 0.29) is 0 Å². The number of unbranched alkanes of at least 4 members (excludes halogenated alkanes) is 4. The van der Waals surface area contributed by atoms with Gasteiger partial charge in [-0.3, -0.25) is 4.39 Å². The summed E-state index contributed by atoms with van der Waals surface area (Å²) in [4.78, 5) is 5.17. The van der Waals surface area contributed by atoms with Gasteiger partial charge in [0.2, 0.25) is 0 Å². The Kier molecular flexibility index (Phi) is 11.9. The van der Waals surface area contributed by atoms with Crippen molar-refractivity contribution in [2.45, 2.75) is 65.2 Å². The highest BCUT2D eigenvalue weighted by molar-refractivity contribution is 5.73. The summed E-state index contributed by atoms with van der Waals surface area (Å²) in [7, 11) is -1.00. The number of aryl methyl sites for hydroxylation is 1. The summed E-state index contributed by atoms with van der Waals surface area (Å²) >= 11 is 0. The first-order valence-electron chi connectivity index (χ1n) is 13.2. The molecule has 2 aliphatic heterocycles. The first kappa shape index (κ1) is 24.4. The average Bonchev–Trinajstić information content (AvgIpc) is 2.86. The summed E-state index contributed by atoms with van der Waals surface area (Å²) in [6.07, 6.45) is 10.5. The highest BCUT2D eigenvalue weighted by atomic mass is 19.1. The van der Waals surface area contributed by atoms with E-state index in [9.17, 15) is 4.39 Å². The lowest BCUT2D eigenvalue weighted by Crippen LogP contribution is -2.41. The fraction of sp³-hybridized carbons (Fsp3) is 0.571. The van der Waals surface area contributed by atoms with Crippen molar-refractivity contribution >= 4 is 17.1 Å². The molecule has 2 aliphatic rings. The van der Waals surface area contributed by atoms with Crippen molar-refractivity contribution in [2.75, 3.05) is 55.0 Å². The van der Waals surface area contributed by atoms with Crippen molar-refractivity contribution < 1.29 is 5.76 Å². The predicted molar refractivity (Wildman–Crippen MR) is 140 cm³/mol. The van der Waals surface area contributed by atoms with E-state index in [1.165, 1.54) is 100 Å². The monoisotopic (exact) mass is 442 g/mol. The zero-order valence-corrected chi connectivity index (χ0v) is 20.3. The van der Waals surface area contributed by atoms with E-state index in [1.54, 1.807) is 0 Å². The third kappa shape index (κ3) is 8.03. The summed E-state index contributed by atoms with van der Waals surface area (Å²) in [6.45, 7) is 10.5. The molecule has 0 fully saturated rings. The molecule has 0 aromatic heterocycles. The normalized spacial score (nSPS) is 14.5. The molecule has 0 amide bonds. The van der Waals surface area contributed by atoms with E-state index in [0.29, 0.717) is 0 Å². The van der Waals surface area contributed by atoms with Crippen LogP contribution in [0.15, 0.2) is 48.5 Å². The van der Waals surface area contributed by atoms with E-state index < -0.39 is 7.15 Å². The van der Waals surface area contributed by atoms with Gasteiger partial charge in [0.1, 0.15) is 0 Å². The summed E-state index contributed by atoms with van der Waals surface area (Å²) in [5.41, 5.74) is 5.69. The van der Waals surface area contributed by atoms with Crippen LogP contribution in [0.4, 0.5) is 21.5 Å². The van der Waals surface area contributed by atoms with Crippen LogP contribution in [0.1, 0.15) is 65.7 Å². The van der Waals surface area contributed by atoms with Crippen LogP contribution in [-0.2, 0) is 6.42 Å². The summed E-state index contributed by atoms with van der Waals surface area (Å²) in [5, 5.41) is 3.36. The van der Waals surface area contributed by atoms with Gasteiger partial charge in [0, 0.05) is 38.4 Å². The van der Waals surface area contributed by atoms with Crippen molar-refractivity contribution in [3.8, 4) is 0 Å². The molecule has 32 heavy (non-hydrogen) atoms. The lowest BCUT2D eigenvalue weighted by atomic mass is 10.0. The van der Waals surface area contributed by atoms with Crippen molar-refractivity contribution in [2.24, 2.45) is 0 Å². The Morgan fingerprint density at radius 1 is 0.844 bits per heavy atom. The number of halogens is 1. The second kappa shape index (κ2) is 15.6. The largest absolute Gasteiger partial charge is 0.385 e. The van der Waals surface area contributed by atoms with E-state index in [1.807, 2.05) is 0 Å². The summed E-state index contributed by atoms with van der Waals surface area (Å²) in [5.74, 6) is 0. The minimum absolute atomic E-state index is 1.00. The quantitative estimate of drug-likeness (QED) is 0.432. The zero-order chi connectivity index (χ0) is 23.7. The van der Waals surface area contributed by atoms with Crippen LogP contribution >= 0.6 is 0 Å². The smallest absolute Gasteiger partial charge is 0.0785 e. The molecule has 0 saturated heterocycles. The van der Waals surface area contributed by atoms with Crippen LogP contribution in [0.25, 0.3) is 0 Å². The number of fused-ring (bicyclic) bond motifs is 2. The molecule has 2 aromatic carbocycles. The second-order valence-electron chi connectivity index (χ2n) is 8.56. The molecule has 0 bridgehead atoms. The van der Waals surface area contributed by atoms with Gasteiger partial charge in [-0.15, -0.1) is 0 Å². The Hall–Kier alpha value is -2.23. The molecule has 4 heteroatoms. The van der Waals surface area contributed by atoms with E-state index in [4.69, 9.17) is 1.37 Å². The van der Waals surface area contributed by atoms with Gasteiger partial charge >= 0.3 is 0 Å². The topological polar surface area (TPSA) is 18.5 Å². The molecule has 178 valence electrons. The third-order valence-corrected chi connectivity index (χ3v) is 6.22. The molecule has 0 spiro atoms. The van der Waals surface area contributed by atoms with Crippen molar-refractivity contribution in [1.29, 1.82) is 0 Å². The standard InChI is InChI=1S/C18H30N2.C9H11N.CH3F/c1-3-5-9-13-19-15-16-20(14-10-6-4-2)18-12-8-7-11-17(18)19;1-2-6-9-8(4-1)5-3-7-10-9;1-2/h7-8,11-12H,3-6,9-10,13-16H2,1-2H3;1-2,4,6,10H,3,5,7H2;1H3/i;;1D. The van der Waals surface area contributed by atoms with E-state index >= 15 is 0 Å². The Balaban J connectivity index is 0.000000245. The van der Waals surface area contributed by atoms with Gasteiger partial charge in [-0.1, -0.05) is 69.9 Å². The van der Waals surface area contributed by atoms with Crippen LogP contribution in [0.2, 0.25) is 0 Å². The molecule has 0 saturated carbocycles. The molecule has 4 rings (SSSR count). The van der Waals surface area contributed by atoms with Crippen LogP contribution in [0.5, 0.6) is 0 Å². The molecule has 2 aromatic rings. The van der Waals surface area contributed by atoms with Gasteiger partial charge in [-0.05, 0) is 49.4 Å². The number of benzene rings is 2. The minimum Gasteiger partial charge on any atom is -0.385 e. The Morgan fingerprint density at radius 3 is 1.91 bits per heavy atom. The Labute approximate surface area is 197 Å². The first-order valence-corrected chi connectivity index (χ1v) is 12.5. The van der Waals surface area contributed by atoms with E-state index in [2.05, 4.69) is 77.5 Å².